The van der Waals surface area contributed by atoms with Crippen LogP contribution in [0.25, 0.3) is 10.2 Å². The van der Waals surface area contributed by atoms with Crippen molar-refractivity contribution in [1.82, 2.24) is 9.55 Å². The van der Waals surface area contributed by atoms with E-state index in [4.69, 9.17) is 14.8 Å². The zero-order chi connectivity index (χ0) is 20.1. The minimum Gasteiger partial charge on any atom is -0.394 e. The van der Waals surface area contributed by atoms with Gasteiger partial charge in [-0.1, -0.05) is 48.5 Å². The van der Waals surface area contributed by atoms with Crippen LogP contribution in [0.5, 0.6) is 0 Å². The summed E-state index contributed by atoms with van der Waals surface area (Å²) >= 11 is 3.14. The van der Waals surface area contributed by atoms with Gasteiger partial charge in [0.25, 0.3) is 5.56 Å². The number of hydrogen-bond donors (Lipinski definition) is 1. The lowest BCUT2D eigenvalue weighted by molar-refractivity contribution is 0.103. The summed E-state index contributed by atoms with van der Waals surface area (Å²) in [7, 11) is 0. The van der Waals surface area contributed by atoms with Gasteiger partial charge < -0.3 is 9.84 Å². The fourth-order valence-electron chi connectivity index (χ4n) is 3.07. The van der Waals surface area contributed by atoms with Crippen molar-refractivity contribution in [2.45, 2.75) is 38.9 Å². The fourth-order valence-corrected chi connectivity index (χ4v) is 5.07. The third-order valence-corrected chi connectivity index (χ3v) is 6.86. The Kier molecular flexibility index (Phi) is 7.29. The zero-order valence-corrected chi connectivity index (χ0v) is 18.2. The quantitative estimate of drug-likeness (QED) is 0.325. The lowest BCUT2D eigenvalue weighted by Gasteiger charge is -2.13. The highest BCUT2D eigenvalue weighted by molar-refractivity contribution is 7.99. The van der Waals surface area contributed by atoms with Crippen molar-refractivity contribution >= 4 is 33.3 Å². The van der Waals surface area contributed by atoms with E-state index in [0.29, 0.717) is 25.5 Å². The number of benzene rings is 1. The van der Waals surface area contributed by atoms with Crippen molar-refractivity contribution in [1.29, 1.82) is 0 Å². The summed E-state index contributed by atoms with van der Waals surface area (Å²) in [6.45, 7) is 7.53. The number of aromatic nitrogens is 2. The Bertz CT molecular complexity index is 994. The average Bonchev–Trinajstić information content (AvgIpc) is 3.01. The van der Waals surface area contributed by atoms with Gasteiger partial charge in [0, 0.05) is 10.6 Å². The summed E-state index contributed by atoms with van der Waals surface area (Å²) in [4.78, 5) is 20.2. The summed E-state index contributed by atoms with van der Waals surface area (Å²) in [5, 5.41) is 10.3. The van der Waals surface area contributed by atoms with Gasteiger partial charge >= 0.3 is 0 Å². The minimum atomic E-state index is 0.0152. The van der Waals surface area contributed by atoms with Gasteiger partial charge in [-0.2, -0.15) is 0 Å². The van der Waals surface area contributed by atoms with Crippen LogP contribution in [0.3, 0.4) is 0 Å². The molecule has 0 amide bonds. The molecule has 2 heterocycles. The molecule has 0 saturated carbocycles. The van der Waals surface area contributed by atoms with E-state index in [0.717, 1.165) is 32.9 Å². The van der Waals surface area contributed by atoms with Crippen LogP contribution in [0.1, 0.15) is 28.5 Å². The van der Waals surface area contributed by atoms with Gasteiger partial charge in [-0.05, 0) is 31.4 Å². The molecule has 1 aromatic carbocycles. The van der Waals surface area contributed by atoms with Crippen LogP contribution in [0.4, 0.5) is 0 Å². The lowest BCUT2D eigenvalue weighted by atomic mass is 10.1. The van der Waals surface area contributed by atoms with Gasteiger partial charge in [0.05, 0.1) is 31.8 Å². The van der Waals surface area contributed by atoms with E-state index in [9.17, 15) is 4.79 Å². The van der Waals surface area contributed by atoms with E-state index in [-0.39, 0.29) is 12.2 Å². The number of ether oxygens (including phenoxy) is 1. The van der Waals surface area contributed by atoms with Gasteiger partial charge in [0.2, 0.25) is 0 Å². The molecule has 0 bridgehead atoms. The first-order chi connectivity index (χ1) is 13.5. The van der Waals surface area contributed by atoms with Gasteiger partial charge in [0.15, 0.2) is 5.16 Å². The Morgan fingerprint density at radius 2 is 1.96 bits per heavy atom. The van der Waals surface area contributed by atoms with Crippen molar-refractivity contribution in [3.05, 3.63) is 56.2 Å². The molecule has 0 atom stereocenters. The smallest absolute Gasteiger partial charge is 0.263 e. The average molecular weight is 419 g/mol. The molecule has 0 radical (unpaired) electrons. The number of nitrogens with zero attached hydrogens (tertiary/aromatic N) is 2. The number of rotatable bonds is 9. The van der Waals surface area contributed by atoms with Gasteiger partial charge in [0.1, 0.15) is 4.83 Å². The number of aliphatic hydroxyl groups is 1. The monoisotopic (exact) mass is 418 g/mol. The standard InChI is InChI=1S/C21H26N2O3S2/c1-4-17-15(3)18-19(28-17)22-21(27-12-11-26-10-9-24)23(20(18)25)13-16-7-5-14(2)6-8-16/h5-8,24H,4,9-13H2,1-3H3. The molecule has 7 heteroatoms. The first-order valence-electron chi connectivity index (χ1n) is 9.44. The SMILES string of the molecule is CCc1sc2nc(SCCOCCO)n(Cc3ccc(C)cc3)c(=O)c2c1C. The molecule has 0 spiro atoms. The molecule has 0 aliphatic rings. The van der Waals surface area contributed by atoms with Crippen molar-refractivity contribution in [3.63, 3.8) is 0 Å². The van der Waals surface area contributed by atoms with Crippen LogP contribution >= 0.6 is 23.1 Å². The Balaban J connectivity index is 1.99. The summed E-state index contributed by atoms with van der Waals surface area (Å²) in [6, 6.07) is 8.24. The predicted octanol–water partition coefficient (Wildman–Crippen LogP) is 3.79. The van der Waals surface area contributed by atoms with E-state index in [2.05, 4.69) is 38.1 Å². The Hall–Kier alpha value is -1.67. The second-order valence-corrected chi connectivity index (χ2v) is 8.79. The second-order valence-electron chi connectivity index (χ2n) is 6.64. The first-order valence-corrected chi connectivity index (χ1v) is 11.2. The maximum Gasteiger partial charge on any atom is 0.263 e. The number of fused-ring (bicyclic) bond motifs is 1. The highest BCUT2D eigenvalue weighted by Crippen LogP contribution is 2.29. The van der Waals surface area contributed by atoms with Crippen LogP contribution in [0.15, 0.2) is 34.2 Å². The zero-order valence-electron chi connectivity index (χ0n) is 16.5. The fraction of sp³-hybridized carbons (Fsp3) is 0.429. The van der Waals surface area contributed by atoms with Crippen LogP contribution in [0, 0.1) is 13.8 Å². The number of thioether (sulfide) groups is 1. The number of thiophene rings is 1. The topological polar surface area (TPSA) is 64.3 Å². The summed E-state index contributed by atoms with van der Waals surface area (Å²) < 4.78 is 7.13. The summed E-state index contributed by atoms with van der Waals surface area (Å²) in [6.07, 6.45) is 0.905. The number of hydrogen-bond acceptors (Lipinski definition) is 6. The summed E-state index contributed by atoms with van der Waals surface area (Å²) in [5.41, 5.74) is 3.36. The molecule has 150 valence electrons. The van der Waals surface area contributed by atoms with Crippen LogP contribution < -0.4 is 5.56 Å². The Morgan fingerprint density at radius 3 is 2.64 bits per heavy atom. The molecule has 28 heavy (non-hydrogen) atoms. The molecule has 2 aromatic heterocycles. The van der Waals surface area contributed by atoms with Crippen molar-refractivity contribution < 1.29 is 9.84 Å². The largest absolute Gasteiger partial charge is 0.394 e. The van der Waals surface area contributed by atoms with E-state index < -0.39 is 0 Å². The van der Waals surface area contributed by atoms with E-state index in [1.807, 2.05) is 6.92 Å². The van der Waals surface area contributed by atoms with Gasteiger partial charge in [-0.3, -0.25) is 9.36 Å². The minimum absolute atomic E-state index is 0.0152. The van der Waals surface area contributed by atoms with Crippen LogP contribution in [-0.4, -0.2) is 40.2 Å². The molecule has 0 aliphatic heterocycles. The molecule has 1 N–H and O–H groups in total. The van der Waals surface area contributed by atoms with Crippen molar-refractivity contribution in [2.24, 2.45) is 0 Å². The van der Waals surface area contributed by atoms with E-state index in [1.54, 1.807) is 15.9 Å². The maximum atomic E-state index is 13.4. The number of aryl methyl sites for hydroxylation is 3. The van der Waals surface area contributed by atoms with Gasteiger partial charge in [-0.15, -0.1) is 11.3 Å². The number of aliphatic hydroxyl groups excluding tert-OH is 1. The molecule has 0 aliphatic carbocycles. The normalized spacial score (nSPS) is 11.4. The third-order valence-electron chi connectivity index (χ3n) is 4.59. The van der Waals surface area contributed by atoms with E-state index in [1.165, 1.54) is 22.2 Å². The molecule has 3 rings (SSSR count). The van der Waals surface area contributed by atoms with Crippen LogP contribution in [-0.2, 0) is 17.7 Å². The Labute approximate surface area is 173 Å². The Morgan fingerprint density at radius 1 is 1.21 bits per heavy atom. The molecular formula is C21H26N2O3S2. The molecular weight excluding hydrogens is 392 g/mol. The van der Waals surface area contributed by atoms with Crippen molar-refractivity contribution in [2.75, 3.05) is 25.6 Å². The van der Waals surface area contributed by atoms with Crippen LogP contribution in [0.2, 0.25) is 0 Å². The summed E-state index contributed by atoms with van der Waals surface area (Å²) in [5.74, 6) is 0.677. The highest BCUT2D eigenvalue weighted by Gasteiger charge is 2.18. The highest BCUT2D eigenvalue weighted by atomic mass is 32.2. The second kappa shape index (κ2) is 9.69. The van der Waals surface area contributed by atoms with Crippen molar-refractivity contribution in [3.8, 4) is 0 Å². The maximum absolute atomic E-state index is 13.4. The van der Waals surface area contributed by atoms with Gasteiger partial charge in [-0.25, -0.2) is 4.98 Å². The molecule has 0 fully saturated rings. The molecule has 0 unspecified atom stereocenters. The lowest BCUT2D eigenvalue weighted by Crippen LogP contribution is -2.24. The molecule has 3 aromatic rings. The third kappa shape index (κ3) is 4.66. The first kappa shape index (κ1) is 21.0. The van der Waals surface area contributed by atoms with E-state index >= 15 is 0 Å². The molecule has 5 nitrogen and oxygen atoms in total. The molecule has 0 saturated heterocycles. The predicted molar refractivity (Wildman–Crippen MR) is 117 cm³/mol.